The van der Waals surface area contributed by atoms with E-state index < -0.39 is 5.97 Å². The van der Waals surface area contributed by atoms with Crippen molar-refractivity contribution in [3.63, 3.8) is 0 Å². The number of aromatic carboxylic acids is 1. The molecule has 4 heteroatoms. The Bertz CT molecular complexity index is 1200. The van der Waals surface area contributed by atoms with Crippen molar-refractivity contribution in [1.82, 2.24) is 4.90 Å². The van der Waals surface area contributed by atoms with Crippen molar-refractivity contribution in [3.05, 3.63) is 131 Å². The van der Waals surface area contributed by atoms with Gasteiger partial charge in [-0.2, -0.15) is 0 Å². The number of carboxylic acids is 1. The summed E-state index contributed by atoms with van der Waals surface area (Å²) in [6, 6.07) is 34.7. The van der Waals surface area contributed by atoms with Gasteiger partial charge in [0.1, 0.15) is 0 Å². The van der Waals surface area contributed by atoms with Crippen LogP contribution in [0.3, 0.4) is 0 Å². The minimum atomic E-state index is -0.935. The third-order valence-corrected chi connectivity index (χ3v) is 5.56. The van der Waals surface area contributed by atoms with Crippen molar-refractivity contribution in [3.8, 4) is 11.1 Å². The number of rotatable bonds is 8. The molecule has 4 rings (SSSR count). The molecule has 0 aromatic heterocycles. The molecular formula is C29H25NO3. The molecule has 4 aromatic rings. The number of carboxylic acid groups (broad SMARTS) is 1. The van der Waals surface area contributed by atoms with Gasteiger partial charge in [0.25, 0.3) is 0 Å². The van der Waals surface area contributed by atoms with E-state index in [4.69, 9.17) is 5.11 Å². The molecule has 0 bridgehead atoms. The van der Waals surface area contributed by atoms with Crippen molar-refractivity contribution >= 4 is 11.9 Å². The van der Waals surface area contributed by atoms with E-state index in [1.807, 2.05) is 102 Å². The quantitative estimate of drug-likeness (QED) is 0.379. The summed E-state index contributed by atoms with van der Waals surface area (Å²) in [5.41, 5.74) is 5.35. The van der Waals surface area contributed by atoms with Gasteiger partial charge in [0.2, 0.25) is 5.91 Å². The number of carbonyl (C=O) groups excluding carboxylic acids is 1. The highest BCUT2D eigenvalue weighted by molar-refractivity contribution is 5.88. The summed E-state index contributed by atoms with van der Waals surface area (Å²) in [7, 11) is 0. The number of hydrogen-bond donors (Lipinski definition) is 1. The second-order valence-corrected chi connectivity index (χ2v) is 7.98. The summed E-state index contributed by atoms with van der Waals surface area (Å²) >= 11 is 0. The molecule has 0 saturated carbocycles. The minimum absolute atomic E-state index is 0.0818. The van der Waals surface area contributed by atoms with Crippen LogP contribution in [0.15, 0.2) is 109 Å². The normalized spacial score (nSPS) is 10.5. The molecule has 0 atom stereocenters. The van der Waals surface area contributed by atoms with E-state index in [2.05, 4.69) is 0 Å². The van der Waals surface area contributed by atoms with Gasteiger partial charge in [0.15, 0.2) is 0 Å². The summed E-state index contributed by atoms with van der Waals surface area (Å²) in [5.74, 6) is -0.853. The van der Waals surface area contributed by atoms with Gasteiger partial charge in [-0.05, 0) is 39.9 Å². The van der Waals surface area contributed by atoms with Gasteiger partial charge in [-0.1, -0.05) is 97.1 Å². The van der Waals surface area contributed by atoms with Crippen LogP contribution in [-0.4, -0.2) is 21.9 Å². The highest BCUT2D eigenvalue weighted by Gasteiger charge is 2.15. The van der Waals surface area contributed by atoms with Gasteiger partial charge < -0.3 is 10.0 Å². The molecule has 4 nitrogen and oxygen atoms in total. The second-order valence-electron chi connectivity index (χ2n) is 7.98. The number of nitrogens with zero attached hydrogens (tertiary/aromatic N) is 1. The lowest BCUT2D eigenvalue weighted by Gasteiger charge is -2.23. The SMILES string of the molecule is O=C(O)c1ccc(-c2ccc(CN(Cc3ccccc3)C(=O)Cc3ccccc3)cc2)cc1. The van der Waals surface area contributed by atoms with E-state index in [-0.39, 0.29) is 11.5 Å². The molecule has 0 saturated heterocycles. The van der Waals surface area contributed by atoms with Crippen LogP contribution in [0.25, 0.3) is 11.1 Å². The fourth-order valence-electron chi connectivity index (χ4n) is 3.75. The standard InChI is InChI=1S/C29H25NO3/c31-28(19-22-7-3-1-4-8-22)30(20-23-9-5-2-6-10-23)21-24-11-13-25(14-12-24)26-15-17-27(18-16-26)29(32)33/h1-18H,19-21H2,(H,32,33). The number of carbonyl (C=O) groups is 2. The maximum absolute atomic E-state index is 13.2. The summed E-state index contributed by atoms with van der Waals surface area (Å²) in [6.45, 7) is 1.06. The summed E-state index contributed by atoms with van der Waals surface area (Å²) in [5, 5.41) is 9.08. The first-order valence-electron chi connectivity index (χ1n) is 10.9. The number of hydrogen-bond acceptors (Lipinski definition) is 2. The highest BCUT2D eigenvalue weighted by atomic mass is 16.4. The van der Waals surface area contributed by atoms with Crippen molar-refractivity contribution in [2.75, 3.05) is 0 Å². The van der Waals surface area contributed by atoms with Crippen molar-refractivity contribution in [1.29, 1.82) is 0 Å². The molecule has 0 radical (unpaired) electrons. The van der Waals surface area contributed by atoms with Gasteiger partial charge in [-0.25, -0.2) is 4.79 Å². The molecule has 0 fully saturated rings. The Balaban J connectivity index is 1.51. The topological polar surface area (TPSA) is 57.6 Å². The summed E-state index contributed by atoms with van der Waals surface area (Å²) < 4.78 is 0. The van der Waals surface area contributed by atoms with Crippen molar-refractivity contribution < 1.29 is 14.7 Å². The molecule has 164 valence electrons. The monoisotopic (exact) mass is 435 g/mol. The maximum atomic E-state index is 13.2. The van der Waals surface area contributed by atoms with Gasteiger partial charge in [0, 0.05) is 13.1 Å². The van der Waals surface area contributed by atoms with Gasteiger partial charge in [-0.15, -0.1) is 0 Å². The number of benzene rings is 4. The van der Waals surface area contributed by atoms with Crippen molar-refractivity contribution in [2.45, 2.75) is 19.5 Å². The highest BCUT2D eigenvalue weighted by Crippen LogP contribution is 2.22. The van der Waals surface area contributed by atoms with Crippen LogP contribution in [0.5, 0.6) is 0 Å². The number of amides is 1. The van der Waals surface area contributed by atoms with E-state index >= 15 is 0 Å². The predicted octanol–water partition coefficient (Wildman–Crippen LogP) is 5.82. The Morgan fingerprint density at radius 2 is 1.03 bits per heavy atom. The van der Waals surface area contributed by atoms with Gasteiger partial charge in [0.05, 0.1) is 12.0 Å². The predicted molar refractivity (Wildman–Crippen MR) is 130 cm³/mol. The lowest BCUT2D eigenvalue weighted by molar-refractivity contribution is -0.131. The van der Waals surface area contributed by atoms with E-state index in [0.29, 0.717) is 19.5 Å². The maximum Gasteiger partial charge on any atom is 0.335 e. The molecule has 33 heavy (non-hydrogen) atoms. The fourth-order valence-corrected chi connectivity index (χ4v) is 3.75. The Labute approximate surface area is 193 Å². The lowest BCUT2D eigenvalue weighted by atomic mass is 10.0. The molecule has 4 aromatic carbocycles. The third-order valence-electron chi connectivity index (χ3n) is 5.56. The zero-order valence-electron chi connectivity index (χ0n) is 18.2. The molecule has 0 aliphatic rings. The van der Waals surface area contributed by atoms with E-state index in [1.165, 1.54) is 0 Å². The largest absolute Gasteiger partial charge is 0.478 e. The zero-order chi connectivity index (χ0) is 23.0. The van der Waals surface area contributed by atoms with Crippen LogP contribution in [0.2, 0.25) is 0 Å². The smallest absolute Gasteiger partial charge is 0.335 e. The van der Waals surface area contributed by atoms with E-state index in [1.54, 1.807) is 12.1 Å². The average molecular weight is 436 g/mol. The molecule has 0 unspecified atom stereocenters. The Morgan fingerprint density at radius 1 is 0.576 bits per heavy atom. The first-order chi connectivity index (χ1) is 16.1. The Hall–Kier alpha value is -4.18. The first kappa shape index (κ1) is 22.0. The molecule has 0 aliphatic heterocycles. The van der Waals surface area contributed by atoms with E-state index in [0.717, 1.165) is 27.8 Å². The minimum Gasteiger partial charge on any atom is -0.478 e. The summed E-state index contributed by atoms with van der Waals surface area (Å²) in [6.07, 6.45) is 0.363. The van der Waals surface area contributed by atoms with Crippen LogP contribution in [0.4, 0.5) is 0 Å². The molecule has 1 N–H and O–H groups in total. The molecule has 1 amide bonds. The molecule has 0 heterocycles. The molecule has 0 spiro atoms. The van der Waals surface area contributed by atoms with Crippen LogP contribution in [0.1, 0.15) is 27.0 Å². The van der Waals surface area contributed by atoms with Gasteiger partial charge in [-0.3, -0.25) is 4.79 Å². The Kier molecular flexibility index (Phi) is 6.96. The summed E-state index contributed by atoms with van der Waals surface area (Å²) in [4.78, 5) is 26.1. The van der Waals surface area contributed by atoms with E-state index in [9.17, 15) is 9.59 Å². The first-order valence-corrected chi connectivity index (χ1v) is 10.9. The fraction of sp³-hybridized carbons (Fsp3) is 0.103. The Morgan fingerprint density at radius 3 is 1.55 bits per heavy atom. The molecular weight excluding hydrogens is 410 g/mol. The van der Waals surface area contributed by atoms with Crippen LogP contribution < -0.4 is 0 Å². The average Bonchev–Trinajstić information content (AvgIpc) is 2.85. The lowest BCUT2D eigenvalue weighted by Crippen LogP contribution is -2.31. The zero-order valence-corrected chi connectivity index (χ0v) is 18.2. The molecule has 0 aliphatic carbocycles. The van der Waals surface area contributed by atoms with Crippen molar-refractivity contribution in [2.24, 2.45) is 0 Å². The second kappa shape index (κ2) is 10.4. The third kappa shape index (κ3) is 5.95. The van der Waals surface area contributed by atoms with Gasteiger partial charge >= 0.3 is 5.97 Å². The van der Waals surface area contributed by atoms with Crippen LogP contribution >= 0.6 is 0 Å². The van der Waals surface area contributed by atoms with Crippen LogP contribution in [-0.2, 0) is 24.3 Å². The van der Waals surface area contributed by atoms with Crippen LogP contribution in [0, 0.1) is 0 Å².